The summed E-state index contributed by atoms with van der Waals surface area (Å²) in [5.74, 6) is -0.610. The Labute approximate surface area is 163 Å². The van der Waals surface area contributed by atoms with Crippen LogP contribution in [0.25, 0.3) is 5.69 Å². The van der Waals surface area contributed by atoms with Gasteiger partial charge in [0.05, 0.1) is 16.3 Å². The fraction of sp³-hybridized carbons (Fsp3) is 0. The van der Waals surface area contributed by atoms with E-state index in [0.29, 0.717) is 10.7 Å². The summed E-state index contributed by atoms with van der Waals surface area (Å²) in [5.41, 5.74) is -1.34. The van der Waals surface area contributed by atoms with E-state index in [-0.39, 0.29) is 16.1 Å². The van der Waals surface area contributed by atoms with Gasteiger partial charge in [-0.05, 0) is 48.5 Å². The summed E-state index contributed by atoms with van der Waals surface area (Å²) in [7, 11) is -3.84. The van der Waals surface area contributed by atoms with Crippen LogP contribution in [0.4, 0.5) is 5.69 Å². The van der Waals surface area contributed by atoms with Gasteiger partial charge in [-0.15, -0.1) is 0 Å². The first kappa shape index (κ1) is 19.5. The summed E-state index contributed by atoms with van der Waals surface area (Å²) in [6.07, 6.45) is 1.06. The minimum atomic E-state index is -3.84. The number of primary sulfonamides is 1. The van der Waals surface area contributed by atoms with Crippen LogP contribution in [-0.4, -0.2) is 29.3 Å². The summed E-state index contributed by atoms with van der Waals surface area (Å²) in [4.78, 5) is 30.2. The Morgan fingerprint density at radius 2 is 1.68 bits per heavy atom. The summed E-state index contributed by atoms with van der Waals surface area (Å²) >= 11 is 5.82. The largest absolute Gasteiger partial charge is 0.493 e. The van der Waals surface area contributed by atoms with Crippen LogP contribution in [0.15, 0.2) is 68.0 Å². The number of H-pyrrole nitrogens is 1. The first-order chi connectivity index (χ1) is 13.2. The predicted molar refractivity (Wildman–Crippen MR) is 104 cm³/mol. The van der Waals surface area contributed by atoms with E-state index in [4.69, 9.17) is 16.7 Å². The molecule has 0 atom stereocenters. The lowest BCUT2D eigenvalue weighted by Gasteiger charge is -2.09. The van der Waals surface area contributed by atoms with Gasteiger partial charge in [0.2, 0.25) is 15.9 Å². The fourth-order valence-corrected chi connectivity index (χ4v) is 2.99. The van der Waals surface area contributed by atoms with Gasteiger partial charge >= 0.3 is 5.69 Å². The molecule has 0 saturated carbocycles. The number of aromatic hydroxyl groups is 1. The molecule has 0 amide bonds. The van der Waals surface area contributed by atoms with Crippen molar-refractivity contribution in [2.75, 3.05) is 0 Å². The molecule has 1 aromatic heterocycles. The molecule has 0 saturated heterocycles. The van der Waals surface area contributed by atoms with Crippen LogP contribution in [0.3, 0.4) is 0 Å². The number of aromatic nitrogens is 2. The molecule has 0 fully saturated rings. The van der Waals surface area contributed by atoms with E-state index in [2.05, 4.69) is 9.98 Å². The maximum Gasteiger partial charge on any atom is 0.335 e. The van der Waals surface area contributed by atoms with E-state index in [1.54, 1.807) is 0 Å². The molecule has 11 heteroatoms. The van der Waals surface area contributed by atoms with Crippen molar-refractivity contribution >= 4 is 33.5 Å². The molecule has 0 radical (unpaired) electrons. The third-order valence-corrected chi connectivity index (χ3v) is 4.89. The van der Waals surface area contributed by atoms with Gasteiger partial charge in [0.15, 0.2) is 0 Å². The van der Waals surface area contributed by atoms with Crippen LogP contribution >= 0.6 is 11.6 Å². The maximum atomic E-state index is 12.1. The fourth-order valence-electron chi connectivity index (χ4n) is 2.35. The highest BCUT2D eigenvalue weighted by Crippen LogP contribution is 2.19. The molecule has 4 N–H and O–H groups in total. The second-order valence-electron chi connectivity index (χ2n) is 5.61. The maximum absolute atomic E-state index is 12.1. The van der Waals surface area contributed by atoms with Crippen LogP contribution in [-0.2, 0) is 10.0 Å². The van der Waals surface area contributed by atoms with Gasteiger partial charge in [-0.3, -0.25) is 14.8 Å². The van der Waals surface area contributed by atoms with Gasteiger partial charge in [-0.1, -0.05) is 11.6 Å². The number of nitrogens with two attached hydrogens (primary N) is 1. The molecule has 3 aromatic rings. The third-order valence-electron chi connectivity index (χ3n) is 3.71. The van der Waals surface area contributed by atoms with E-state index in [1.807, 2.05) is 0 Å². The summed E-state index contributed by atoms with van der Waals surface area (Å²) in [6.45, 7) is 0. The Balaban J connectivity index is 2.04. The number of aromatic amines is 1. The third kappa shape index (κ3) is 4.03. The number of halogens is 1. The second-order valence-corrected chi connectivity index (χ2v) is 7.60. The second kappa shape index (κ2) is 7.43. The van der Waals surface area contributed by atoms with Crippen molar-refractivity contribution in [3.8, 4) is 11.6 Å². The Morgan fingerprint density at radius 3 is 2.25 bits per heavy atom. The number of hydrogen-bond acceptors (Lipinski definition) is 6. The highest BCUT2D eigenvalue weighted by atomic mass is 35.5. The summed E-state index contributed by atoms with van der Waals surface area (Å²) in [6, 6.07) is 11.3. The van der Waals surface area contributed by atoms with E-state index in [9.17, 15) is 23.1 Å². The van der Waals surface area contributed by atoms with Gasteiger partial charge in [0.1, 0.15) is 5.56 Å². The molecule has 0 aliphatic heterocycles. The molecule has 0 aliphatic carbocycles. The molecule has 0 spiro atoms. The molecule has 28 heavy (non-hydrogen) atoms. The van der Waals surface area contributed by atoms with E-state index < -0.39 is 27.2 Å². The Kier molecular flexibility index (Phi) is 5.18. The first-order valence-corrected chi connectivity index (χ1v) is 9.60. The minimum Gasteiger partial charge on any atom is -0.493 e. The lowest BCUT2D eigenvalue weighted by atomic mass is 10.3. The first-order valence-electron chi connectivity index (χ1n) is 7.68. The lowest BCUT2D eigenvalue weighted by molar-refractivity contribution is 0.430. The number of sulfonamides is 1. The smallest absolute Gasteiger partial charge is 0.335 e. The van der Waals surface area contributed by atoms with E-state index in [0.717, 1.165) is 10.8 Å². The van der Waals surface area contributed by atoms with Gasteiger partial charge in [0, 0.05) is 11.2 Å². The van der Waals surface area contributed by atoms with Crippen molar-refractivity contribution in [3.05, 3.63) is 80.0 Å². The van der Waals surface area contributed by atoms with Crippen molar-refractivity contribution < 1.29 is 13.5 Å². The highest BCUT2D eigenvalue weighted by molar-refractivity contribution is 7.89. The van der Waals surface area contributed by atoms with Crippen molar-refractivity contribution in [2.24, 2.45) is 10.1 Å². The van der Waals surface area contributed by atoms with Crippen LogP contribution < -0.4 is 16.4 Å². The molecule has 9 nitrogen and oxygen atoms in total. The van der Waals surface area contributed by atoms with Gasteiger partial charge in [-0.2, -0.15) is 0 Å². The summed E-state index contributed by atoms with van der Waals surface area (Å²) in [5, 5.41) is 15.9. The quantitative estimate of drug-likeness (QED) is 0.544. The number of rotatable bonds is 4. The monoisotopic (exact) mass is 420 g/mol. The van der Waals surface area contributed by atoms with E-state index in [1.165, 1.54) is 48.5 Å². The van der Waals surface area contributed by atoms with Gasteiger partial charge < -0.3 is 5.11 Å². The van der Waals surface area contributed by atoms with Crippen molar-refractivity contribution in [1.82, 2.24) is 9.55 Å². The van der Waals surface area contributed by atoms with Crippen LogP contribution in [0.1, 0.15) is 5.56 Å². The topological polar surface area (TPSA) is 148 Å². The molecule has 2 aromatic carbocycles. The Morgan fingerprint density at radius 1 is 1.07 bits per heavy atom. The molecule has 144 valence electrons. The summed E-state index contributed by atoms with van der Waals surface area (Å²) < 4.78 is 23.4. The average molecular weight is 421 g/mol. The minimum absolute atomic E-state index is 0.0940. The van der Waals surface area contributed by atoms with Crippen molar-refractivity contribution in [3.63, 3.8) is 0 Å². The zero-order valence-electron chi connectivity index (χ0n) is 14.0. The average Bonchev–Trinajstić information content (AvgIpc) is 2.62. The zero-order chi connectivity index (χ0) is 20.5. The van der Waals surface area contributed by atoms with Gasteiger partial charge in [-0.25, -0.2) is 22.9 Å². The Hall–Kier alpha value is -3.21. The zero-order valence-corrected chi connectivity index (χ0v) is 15.6. The lowest BCUT2D eigenvalue weighted by Crippen LogP contribution is -2.31. The molecule has 0 bridgehead atoms. The van der Waals surface area contributed by atoms with E-state index >= 15 is 0 Å². The van der Waals surface area contributed by atoms with Crippen LogP contribution in [0.5, 0.6) is 5.88 Å². The van der Waals surface area contributed by atoms with Crippen LogP contribution in [0, 0.1) is 0 Å². The number of hydrogen-bond donors (Lipinski definition) is 3. The van der Waals surface area contributed by atoms with Crippen LogP contribution in [0.2, 0.25) is 5.02 Å². The molecule has 1 heterocycles. The number of benzene rings is 2. The SMILES string of the molecule is NS(=O)(=O)c1ccc(N=Cc2c(O)n(-c3ccc(Cl)cc3)c(=O)[nH]c2=O)cc1. The molecule has 0 unspecified atom stereocenters. The number of nitrogens with zero attached hydrogens (tertiary/aromatic N) is 2. The molecule has 3 rings (SSSR count). The highest BCUT2D eigenvalue weighted by Gasteiger charge is 2.14. The Bertz CT molecular complexity index is 1280. The number of aliphatic imine (C=N–C) groups is 1. The predicted octanol–water partition coefficient (Wildman–Crippen LogP) is 1.28. The molecular formula is C17H13ClN4O5S. The van der Waals surface area contributed by atoms with Crippen molar-refractivity contribution in [2.45, 2.75) is 4.90 Å². The standard InChI is InChI=1S/C17H13ClN4O5S/c18-10-1-5-12(6-2-10)22-16(24)14(15(23)21-17(22)25)9-20-11-3-7-13(8-4-11)28(19,26)27/h1-9,24H,(H2,19,26,27)(H,21,23,25). The van der Waals surface area contributed by atoms with Crippen molar-refractivity contribution in [1.29, 1.82) is 0 Å². The number of nitrogens with one attached hydrogen (secondary N) is 1. The van der Waals surface area contributed by atoms with Gasteiger partial charge in [0.25, 0.3) is 5.56 Å². The molecular weight excluding hydrogens is 408 g/mol. The normalized spacial score (nSPS) is 11.8. The molecule has 0 aliphatic rings.